The van der Waals surface area contributed by atoms with Crippen molar-refractivity contribution in [1.29, 1.82) is 0 Å². The molecule has 1 fully saturated rings. The van der Waals surface area contributed by atoms with Crippen molar-refractivity contribution in [2.75, 3.05) is 13.2 Å². The lowest BCUT2D eigenvalue weighted by atomic mass is 9.95. The molecule has 0 aliphatic carbocycles. The normalized spacial score (nSPS) is 24.9. The van der Waals surface area contributed by atoms with Gasteiger partial charge in [-0.2, -0.15) is 0 Å². The predicted molar refractivity (Wildman–Crippen MR) is 67.7 cm³/mol. The number of hydrogen-bond donors (Lipinski definition) is 0. The molecule has 0 bridgehead atoms. The predicted octanol–water partition coefficient (Wildman–Crippen LogP) is 2.04. The molecule has 2 unspecified atom stereocenters. The Morgan fingerprint density at radius 3 is 2.72 bits per heavy atom. The highest BCUT2D eigenvalue weighted by Crippen LogP contribution is 2.34. The molecule has 1 rings (SSSR count). The molecule has 1 heterocycles. The Labute approximate surface area is 108 Å². The molecule has 0 radical (unpaired) electrons. The summed E-state index contributed by atoms with van der Waals surface area (Å²) in [5.74, 6) is 1.04. The summed E-state index contributed by atoms with van der Waals surface area (Å²) in [6.07, 6.45) is 7.14. The van der Waals surface area contributed by atoms with Gasteiger partial charge in [-0.1, -0.05) is 12.5 Å². The van der Waals surface area contributed by atoms with Crippen LogP contribution in [0.15, 0.2) is 12.2 Å². The third kappa shape index (κ3) is 3.59. The fourth-order valence-electron chi connectivity index (χ4n) is 2.08. The Hall–Kier alpha value is -1.31. The maximum absolute atomic E-state index is 11.2. The first kappa shape index (κ1) is 14.7. The fourth-order valence-corrected chi connectivity index (χ4v) is 2.08. The Bertz CT molecular complexity index is 347. The van der Waals surface area contributed by atoms with E-state index in [-0.39, 0.29) is 12.6 Å². The van der Waals surface area contributed by atoms with Gasteiger partial charge in [0.05, 0.1) is 6.61 Å². The summed E-state index contributed by atoms with van der Waals surface area (Å²) in [5.41, 5.74) is 0.684. The van der Waals surface area contributed by atoms with Gasteiger partial charge in [-0.15, -0.1) is 6.42 Å². The van der Waals surface area contributed by atoms with Gasteiger partial charge in [0.1, 0.15) is 6.61 Å². The number of terminal acetylenes is 1. The smallest absolute Gasteiger partial charge is 0.303 e. The Morgan fingerprint density at radius 1 is 1.56 bits per heavy atom. The molecule has 1 saturated heterocycles. The van der Waals surface area contributed by atoms with Crippen LogP contribution in [0.25, 0.3) is 0 Å². The Morgan fingerprint density at radius 2 is 2.28 bits per heavy atom. The molecule has 2 atom stereocenters. The van der Waals surface area contributed by atoms with E-state index >= 15 is 0 Å². The van der Waals surface area contributed by atoms with E-state index in [2.05, 4.69) is 12.5 Å². The maximum atomic E-state index is 11.2. The molecule has 100 valence electrons. The summed E-state index contributed by atoms with van der Waals surface area (Å²) in [7, 11) is 0. The van der Waals surface area contributed by atoms with E-state index in [1.54, 1.807) is 6.92 Å². The first-order chi connectivity index (χ1) is 8.52. The topological polar surface area (TPSA) is 44.8 Å². The van der Waals surface area contributed by atoms with Crippen molar-refractivity contribution < 1.29 is 19.0 Å². The maximum Gasteiger partial charge on any atom is 0.303 e. The summed E-state index contributed by atoms with van der Waals surface area (Å²) in [4.78, 5) is 11.2. The molecular weight excluding hydrogens is 232 g/mol. The lowest BCUT2D eigenvalue weighted by Gasteiger charge is -2.41. The fraction of sp³-hybridized carbons (Fsp3) is 0.643. The van der Waals surface area contributed by atoms with Crippen LogP contribution in [-0.4, -0.2) is 31.1 Å². The molecule has 1 aliphatic rings. The number of ether oxygens (including phenoxy) is 3. The van der Waals surface area contributed by atoms with Crippen LogP contribution in [0.5, 0.6) is 0 Å². The highest BCUT2D eigenvalue weighted by molar-refractivity contribution is 5.66. The van der Waals surface area contributed by atoms with Gasteiger partial charge in [0.2, 0.25) is 5.79 Å². The number of esters is 1. The van der Waals surface area contributed by atoms with E-state index in [0.717, 1.165) is 12.8 Å². The molecule has 0 N–H and O–H groups in total. The molecule has 4 heteroatoms. The van der Waals surface area contributed by atoms with Crippen molar-refractivity contribution in [2.45, 2.75) is 45.0 Å². The van der Waals surface area contributed by atoms with Crippen molar-refractivity contribution in [3.8, 4) is 12.3 Å². The SMILES string of the molecule is C#CCOC1(C(OC(C)=O)C(=C)C)CCCCO1. The third-order valence-electron chi connectivity index (χ3n) is 2.80. The molecule has 0 amide bonds. The molecule has 18 heavy (non-hydrogen) atoms. The molecule has 0 saturated carbocycles. The summed E-state index contributed by atoms with van der Waals surface area (Å²) >= 11 is 0. The quantitative estimate of drug-likeness (QED) is 0.427. The van der Waals surface area contributed by atoms with Gasteiger partial charge < -0.3 is 14.2 Å². The summed E-state index contributed by atoms with van der Waals surface area (Å²) < 4.78 is 16.7. The molecule has 0 aromatic rings. The second-order valence-corrected chi connectivity index (χ2v) is 4.45. The molecule has 1 aliphatic heterocycles. The lowest BCUT2D eigenvalue weighted by molar-refractivity contribution is -0.289. The lowest BCUT2D eigenvalue weighted by Crippen LogP contribution is -2.52. The summed E-state index contributed by atoms with van der Waals surface area (Å²) in [5, 5.41) is 0. The Balaban J connectivity index is 2.93. The van der Waals surface area contributed by atoms with E-state index in [4.69, 9.17) is 20.6 Å². The van der Waals surface area contributed by atoms with E-state index in [1.165, 1.54) is 6.92 Å². The highest BCUT2D eigenvalue weighted by Gasteiger charge is 2.45. The summed E-state index contributed by atoms with van der Waals surface area (Å²) in [6.45, 7) is 7.67. The van der Waals surface area contributed by atoms with E-state index < -0.39 is 11.9 Å². The van der Waals surface area contributed by atoms with Gasteiger partial charge in [-0.05, 0) is 25.3 Å². The van der Waals surface area contributed by atoms with Crippen LogP contribution in [0.1, 0.15) is 33.1 Å². The minimum Gasteiger partial charge on any atom is -0.452 e. The van der Waals surface area contributed by atoms with Crippen LogP contribution < -0.4 is 0 Å². The number of carbonyl (C=O) groups excluding carboxylic acids is 1. The first-order valence-electron chi connectivity index (χ1n) is 6.06. The number of hydrogen-bond acceptors (Lipinski definition) is 4. The van der Waals surface area contributed by atoms with Gasteiger partial charge in [0, 0.05) is 13.3 Å². The first-order valence-corrected chi connectivity index (χ1v) is 6.06. The third-order valence-corrected chi connectivity index (χ3v) is 2.80. The highest BCUT2D eigenvalue weighted by atomic mass is 16.7. The van der Waals surface area contributed by atoms with Crippen LogP contribution in [0, 0.1) is 12.3 Å². The van der Waals surface area contributed by atoms with Crippen molar-refractivity contribution in [3.05, 3.63) is 12.2 Å². The average Bonchev–Trinajstić information content (AvgIpc) is 2.34. The zero-order valence-corrected chi connectivity index (χ0v) is 11.0. The molecule has 0 spiro atoms. The molecule has 4 nitrogen and oxygen atoms in total. The number of carbonyl (C=O) groups is 1. The summed E-state index contributed by atoms with van der Waals surface area (Å²) in [6, 6.07) is 0. The van der Waals surface area contributed by atoms with Gasteiger partial charge >= 0.3 is 5.97 Å². The van der Waals surface area contributed by atoms with E-state index in [9.17, 15) is 4.79 Å². The van der Waals surface area contributed by atoms with Crippen LogP contribution in [0.3, 0.4) is 0 Å². The van der Waals surface area contributed by atoms with Crippen LogP contribution in [0.4, 0.5) is 0 Å². The van der Waals surface area contributed by atoms with E-state index in [0.29, 0.717) is 18.6 Å². The standard InChI is InChI=1S/C14H20O4/c1-5-9-16-14(8-6-7-10-17-14)13(11(2)3)18-12(4)15/h1,13H,2,6-10H2,3-4H3. The van der Waals surface area contributed by atoms with Crippen molar-refractivity contribution in [2.24, 2.45) is 0 Å². The van der Waals surface area contributed by atoms with Crippen molar-refractivity contribution in [3.63, 3.8) is 0 Å². The molecule has 0 aromatic heterocycles. The monoisotopic (exact) mass is 252 g/mol. The van der Waals surface area contributed by atoms with Gasteiger partial charge in [-0.3, -0.25) is 4.79 Å². The van der Waals surface area contributed by atoms with Gasteiger partial charge in [-0.25, -0.2) is 0 Å². The van der Waals surface area contributed by atoms with E-state index in [1.807, 2.05) is 0 Å². The molecular formula is C14H20O4. The average molecular weight is 252 g/mol. The number of rotatable bonds is 5. The minimum atomic E-state index is -0.984. The second kappa shape index (κ2) is 6.58. The van der Waals surface area contributed by atoms with Crippen LogP contribution in [0.2, 0.25) is 0 Å². The zero-order chi connectivity index (χ0) is 13.6. The second-order valence-electron chi connectivity index (χ2n) is 4.45. The van der Waals surface area contributed by atoms with Gasteiger partial charge in [0.25, 0.3) is 0 Å². The molecule has 0 aromatic carbocycles. The van der Waals surface area contributed by atoms with Crippen molar-refractivity contribution >= 4 is 5.97 Å². The van der Waals surface area contributed by atoms with Crippen LogP contribution in [-0.2, 0) is 19.0 Å². The van der Waals surface area contributed by atoms with Gasteiger partial charge in [0.15, 0.2) is 6.10 Å². The minimum absolute atomic E-state index is 0.116. The largest absolute Gasteiger partial charge is 0.452 e. The van der Waals surface area contributed by atoms with Crippen LogP contribution >= 0.6 is 0 Å². The zero-order valence-electron chi connectivity index (χ0n) is 11.0. The Kier molecular flexibility index (Phi) is 5.39. The van der Waals surface area contributed by atoms with Crippen molar-refractivity contribution in [1.82, 2.24) is 0 Å².